The highest BCUT2D eigenvalue weighted by Gasteiger charge is 2.16. The Morgan fingerprint density at radius 3 is 3.15 bits per heavy atom. The molecule has 0 amide bonds. The Bertz CT molecular complexity index is 946. The normalized spacial score (nSPS) is 17.2. The van der Waals surface area contributed by atoms with E-state index in [2.05, 4.69) is 25.6 Å². The Labute approximate surface area is 162 Å². The summed E-state index contributed by atoms with van der Waals surface area (Å²) in [6, 6.07) is 1.54. The minimum Gasteiger partial charge on any atom is -0.376 e. The van der Waals surface area contributed by atoms with E-state index in [0.717, 1.165) is 52.6 Å². The van der Waals surface area contributed by atoms with E-state index < -0.39 is 0 Å². The fourth-order valence-corrected chi connectivity index (χ4v) is 5.10. The van der Waals surface area contributed by atoms with Crippen LogP contribution in [0.2, 0.25) is 0 Å². The largest absolute Gasteiger partial charge is 0.376 e. The first-order valence-electron chi connectivity index (χ1n) is 8.41. The number of hydrogen-bond acceptors (Lipinski definition) is 10. The predicted octanol–water partition coefficient (Wildman–Crippen LogP) is 2.45. The Morgan fingerprint density at radius 1 is 1.42 bits per heavy atom. The van der Waals surface area contributed by atoms with Crippen molar-refractivity contribution in [3.63, 3.8) is 0 Å². The molecule has 1 N–H and O–H groups in total. The molecule has 0 saturated carbocycles. The van der Waals surface area contributed by atoms with Gasteiger partial charge in [0.25, 0.3) is 5.56 Å². The molecule has 0 bridgehead atoms. The summed E-state index contributed by atoms with van der Waals surface area (Å²) in [6.45, 7) is 3.62. The van der Waals surface area contributed by atoms with E-state index in [1.54, 1.807) is 0 Å². The molecule has 0 aliphatic carbocycles. The van der Waals surface area contributed by atoms with Crippen LogP contribution in [0.25, 0.3) is 4.96 Å². The van der Waals surface area contributed by atoms with Gasteiger partial charge in [-0.1, -0.05) is 41.4 Å². The molecule has 0 spiro atoms. The SMILES string of the molecule is CCc1nn2c(=O)cc(CSc3nnc(NCC4CCCO4)s3)nc2s1. The fraction of sp³-hybridized carbons (Fsp3) is 0.533. The highest BCUT2D eigenvalue weighted by Crippen LogP contribution is 2.28. The zero-order valence-corrected chi connectivity index (χ0v) is 16.6. The molecule has 3 aromatic rings. The molecular formula is C15H18N6O2S3. The van der Waals surface area contributed by atoms with Gasteiger partial charge in [0.05, 0.1) is 11.8 Å². The first kappa shape index (κ1) is 17.8. The van der Waals surface area contributed by atoms with Crippen LogP contribution >= 0.6 is 34.4 Å². The van der Waals surface area contributed by atoms with E-state index >= 15 is 0 Å². The molecule has 1 aliphatic rings. The number of aromatic nitrogens is 5. The number of nitrogens with zero attached hydrogens (tertiary/aromatic N) is 5. The quantitative estimate of drug-likeness (QED) is 0.594. The van der Waals surface area contributed by atoms with Gasteiger partial charge in [0.15, 0.2) is 4.34 Å². The van der Waals surface area contributed by atoms with Crippen molar-refractivity contribution in [3.8, 4) is 0 Å². The van der Waals surface area contributed by atoms with Crippen LogP contribution in [-0.4, -0.2) is 44.1 Å². The summed E-state index contributed by atoms with van der Waals surface area (Å²) in [5.41, 5.74) is 0.591. The molecule has 1 atom stereocenters. The third kappa shape index (κ3) is 4.05. The van der Waals surface area contributed by atoms with E-state index in [-0.39, 0.29) is 11.7 Å². The lowest BCUT2D eigenvalue weighted by atomic mass is 10.2. The zero-order chi connectivity index (χ0) is 17.9. The lowest BCUT2D eigenvalue weighted by molar-refractivity contribution is 0.120. The van der Waals surface area contributed by atoms with Crippen molar-refractivity contribution in [3.05, 3.63) is 27.1 Å². The monoisotopic (exact) mass is 410 g/mol. The summed E-state index contributed by atoms with van der Waals surface area (Å²) >= 11 is 4.49. The number of fused-ring (bicyclic) bond motifs is 1. The minimum atomic E-state index is -0.141. The number of ether oxygens (including phenoxy) is 1. The van der Waals surface area contributed by atoms with Crippen LogP contribution in [0, 0.1) is 0 Å². The number of nitrogens with one attached hydrogen (secondary N) is 1. The summed E-state index contributed by atoms with van der Waals surface area (Å²) in [7, 11) is 0. The second kappa shape index (κ2) is 7.99. The lowest BCUT2D eigenvalue weighted by Crippen LogP contribution is -2.18. The molecule has 4 heterocycles. The van der Waals surface area contributed by atoms with Crippen molar-refractivity contribution >= 4 is 44.5 Å². The second-order valence-electron chi connectivity index (χ2n) is 5.81. The maximum absolute atomic E-state index is 12.2. The van der Waals surface area contributed by atoms with Gasteiger partial charge in [-0.05, 0) is 19.3 Å². The molecule has 0 aromatic carbocycles. The smallest absolute Gasteiger partial charge is 0.275 e. The van der Waals surface area contributed by atoms with E-state index in [1.165, 1.54) is 45.0 Å². The third-order valence-corrected chi connectivity index (χ3v) is 7.00. The van der Waals surface area contributed by atoms with Crippen LogP contribution in [0.15, 0.2) is 15.2 Å². The number of anilines is 1. The third-order valence-electron chi connectivity index (χ3n) is 3.90. The first-order chi connectivity index (χ1) is 12.7. The topological polar surface area (TPSA) is 94.3 Å². The first-order valence-corrected chi connectivity index (χ1v) is 11.0. The van der Waals surface area contributed by atoms with Gasteiger partial charge in [0.2, 0.25) is 10.1 Å². The average molecular weight is 411 g/mol. The molecule has 1 unspecified atom stereocenters. The van der Waals surface area contributed by atoms with Crippen molar-refractivity contribution in [2.24, 2.45) is 0 Å². The van der Waals surface area contributed by atoms with Crippen LogP contribution in [-0.2, 0) is 16.9 Å². The van der Waals surface area contributed by atoms with Crippen molar-refractivity contribution < 1.29 is 4.74 Å². The summed E-state index contributed by atoms with van der Waals surface area (Å²) in [5, 5.41) is 17.6. The molecule has 1 fully saturated rings. The van der Waals surface area contributed by atoms with Gasteiger partial charge in [-0.2, -0.15) is 9.61 Å². The maximum Gasteiger partial charge on any atom is 0.275 e. The van der Waals surface area contributed by atoms with Crippen molar-refractivity contribution in [1.29, 1.82) is 0 Å². The Kier molecular flexibility index (Phi) is 5.48. The molecule has 26 heavy (non-hydrogen) atoms. The predicted molar refractivity (Wildman–Crippen MR) is 103 cm³/mol. The minimum absolute atomic E-state index is 0.141. The number of aryl methyl sites for hydroxylation is 1. The van der Waals surface area contributed by atoms with Crippen LogP contribution in [0.1, 0.15) is 30.5 Å². The zero-order valence-electron chi connectivity index (χ0n) is 14.2. The molecular weight excluding hydrogens is 392 g/mol. The van der Waals surface area contributed by atoms with Crippen LogP contribution in [0.3, 0.4) is 0 Å². The van der Waals surface area contributed by atoms with Crippen LogP contribution in [0.4, 0.5) is 5.13 Å². The standard InChI is InChI=1S/C15H18N6O2S3/c1-2-11-20-21-12(22)6-9(17-14(21)25-11)8-24-15-19-18-13(26-15)16-7-10-4-3-5-23-10/h6,10H,2-5,7-8H2,1H3,(H,16,18). The van der Waals surface area contributed by atoms with Crippen molar-refractivity contribution in [2.75, 3.05) is 18.5 Å². The summed E-state index contributed by atoms with van der Waals surface area (Å²) < 4.78 is 7.81. The Balaban J connectivity index is 1.37. The van der Waals surface area contributed by atoms with Gasteiger partial charge in [0, 0.05) is 25.0 Å². The van der Waals surface area contributed by atoms with Crippen molar-refractivity contribution in [1.82, 2.24) is 24.8 Å². The summed E-state index contributed by atoms with van der Waals surface area (Å²) in [5.74, 6) is 0.575. The van der Waals surface area contributed by atoms with E-state index in [4.69, 9.17) is 4.74 Å². The number of thioether (sulfide) groups is 1. The molecule has 3 aromatic heterocycles. The second-order valence-corrected chi connectivity index (χ2v) is 9.05. The Morgan fingerprint density at radius 2 is 2.35 bits per heavy atom. The van der Waals surface area contributed by atoms with Gasteiger partial charge < -0.3 is 10.1 Å². The average Bonchev–Trinajstić information content (AvgIpc) is 3.38. The summed E-state index contributed by atoms with van der Waals surface area (Å²) in [6.07, 6.45) is 3.28. The Hall–Kier alpha value is -1.56. The van der Waals surface area contributed by atoms with E-state index in [1.807, 2.05) is 6.92 Å². The number of hydrogen-bond donors (Lipinski definition) is 1. The molecule has 1 aliphatic heterocycles. The van der Waals surface area contributed by atoms with Crippen molar-refractivity contribution in [2.45, 2.75) is 42.4 Å². The van der Waals surface area contributed by atoms with Gasteiger partial charge in [-0.25, -0.2) is 4.98 Å². The highest BCUT2D eigenvalue weighted by atomic mass is 32.2. The highest BCUT2D eigenvalue weighted by molar-refractivity contribution is 8.00. The lowest BCUT2D eigenvalue weighted by Gasteiger charge is -2.08. The van der Waals surface area contributed by atoms with Gasteiger partial charge in [-0.3, -0.25) is 4.79 Å². The maximum atomic E-state index is 12.2. The molecule has 4 rings (SSSR count). The van der Waals surface area contributed by atoms with Gasteiger partial charge >= 0.3 is 0 Å². The molecule has 11 heteroatoms. The molecule has 8 nitrogen and oxygen atoms in total. The van der Waals surface area contributed by atoms with Gasteiger partial charge in [-0.15, -0.1) is 10.2 Å². The number of rotatable bonds is 7. The van der Waals surface area contributed by atoms with E-state index in [9.17, 15) is 4.79 Å². The molecule has 1 saturated heterocycles. The van der Waals surface area contributed by atoms with Gasteiger partial charge in [0.1, 0.15) is 5.01 Å². The van der Waals surface area contributed by atoms with E-state index in [0.29, 0.717) is 10.7 Å². The molecule has 138 valence electrons. The molecule has 0 radical (unpaired) electrons. The van der Waals surface area contributed by atoms with Crippen LogP contribution in [0.5, 0.6) is 0 Å². The van der Waals surface area contributed by atoms with Crippen LogP contribution < -0.4 is 10.9 Å². The summed E-state index contributed by atoms with van der Waals surface area (Å²) in [4.78, 5) is 17.3. The fourth-order valence-electron chi connectivity index (χ4n) is 2.59.